The quantitative estimate of drug-likeness (QED) is 0.756. The Morgan fingerprint density at radius 3 is 2.38 bits per heavy atom. The van der Waals surface area contributed by atoms with Crippen LogP contribution in [0.3, 0.4) is 0 Å². The molecule has 0 fully saturated rings. The van der Waals surface area contributed by atoms with Crippen LogP contribution in [-0.4, -0.2) is 26.1 Å². The third-order valence-corrected chi connectivity index (χ3v) is 5.66. The molecule has 1 unspecified atom stereocenters. The largest absolute Gasteiger partial charge is 0.381 e. The van der Waals surface area contributed by atoms with Gasteiger partial charge in [0.25, 0.3) is 0 Å². The monoisotopic (exact) mass is 331 g/mol. The minimum Gasteiger partial charge on any atom is -0.381 e. The molecule has 21 heavy (non-hydrogen) atoms. The average Bonchev–Trinajstić information content (AvgIpc) is 2.37. The van der Waals surface area contributed by atoms with Gasteiger partial charge in [-0.1, -0.05) is 39.8 Å². The first-order valence-corrected chi connectivity index (χ1v) is 9.55. The molecule has 1 N–H and O–H groups in total. The second-order valence-corrected chi connectivity index (χ2v) is 8.81. The van der Waals surface area contributed by atoms with Crippen molar-refractivity contribution in [2.24, 2.45) is 5.41 Å². The van der Waals surface area contributed by atoms with Crippen LogP contribution in [0, 0.1) is 5.41 Å². The van der Waals surface area contributed by atoms with Gasteiger partial charge < -0.3 is 5.32 Å². The number of para-hydroxylation sites is 1. The van der Waals surface area contributed by atoms with Gasteiger partial charge in [0.2, 0.25) is 0 Å². The summed E-state index contributed by atoms with van der Waals surface area (Å²) in [4.78, 5) is 0.385. The average molecular weight is 332 g/mol. The van der Waals surface area contributed by atoms with Crippen molar-refractivity contribution in [3.63, 3.8) is 0 Å². The molecule has 0 aliphatic heterocycles. The number of anilines is 1. The van der Waals surface area contributed by atoms with Crippen LogP contribution in [0.5, 0.6) is 0 Å². The molecule has 0 aromatic heterocycles. The molecule has 0 aliphatic rings. The van der Waals surface area contributed by atoms with Gasteiger partial charge >= 0.3 is 0 Å². The van der Waals surface area contributed by atoms with Crippen molar-refractivity contribution in [2.75, 3.05) is 16.9 Å². The Kier molecular flexibility index (Phi) is 6.54. The molecule has 3 nitrogen and oxygen atoms in total. The molecule has 1 atom stereocenters. The molecular weight excluding hydrogens is 306 g/mol. The number of hydrogen-bond acceptors (Lipinski definition) is 3. The van der Waals surface area contributed by atoms with Crippen molar-refractivity contribution in [1.29, 1.82) is 0 Å². The maximum Gasteiger partial charge on any atom is 0.180 e. The van der Waals surface area contributed by atoms with Gasteiger partial charge in [0, 0.05) is 11.9 Å². The van der Waals surface area contributed by atoms with E-state index in [9.17, 15) is 8.42 Å². The van der Waals surface area contributed by atoms with Crippen LogP contribution in [-0.2, 0) is 9.84 Å². The molecule has 1 aromatic carbocycles. The lowest BCUT2D eigenvalue weighted by Crippen LogP contribution is -2.35. The lowest BCUT2D eigenvalue weighted by Gasteiger charge is -2.32. The highest BCUT2D eigenvalue weighted by atomic mass is 35.5. The van der Waals surface area contributed by atoms with Crippen LogP contribution in [0.4, 0.5) is 5.69 Å². The Bertz CT molecular complexity index is 550. The third-order valence-electron chi connectivity index (χ3n) is 3.47. The Hall–Kier alpha value is -0.740. The molecule has 0 saturated carbocycles. The Balaban J connectivity index is 3.14. The maximum atomic E-state index is 12.4. The van der Waals surface area contributed by atoms with Gasteiger partial charge in [-0.2, -0.15) is 0 Å². The number of alkyl halides is 1. The molecule has 0 amide bonds. The van der Waals surface area contributed by atoms with E-state index in [1.54, 1.807) is 12.1 Å². The normalized spacial score (nSPS) is 14.0. The first kappa shape index (κ1) is 18.3. The first-order chi connectivity index (χ1) is 9.72. The molecule has 0 aliphatic carbocycles. The van der Waals surface area contributed by atoms with Crippen molar-refractivity contribution in [1.82, 2.24) is 0 Å². The Morgan fingerprint density at radius 2 is 1.86 bits per heavy atom. The topological polar surface area (TPSA) is 46.2 Å². The van der Waals surface area contributed by atoms with E-state index in [4.69, 9.17) is 11.6 Å². The second-order valence-electron chi connectivity index (χ2n) is 6.36. The first-order valence-electron chi connectivity index (χ1n) is 7.36. The van der Waals surface area contributed by atoms with Gasteiger partial charge in [0.1, 0.15) is 0 Å². The fourth-order valence-electron chi connectivity index (χ4n) is 2.25. The predicted octanol–water partition coefficient (Wildman–Crippen LogP) is 4.33. The van der Waals surface area contributed by atoms with E-state index in [-0.39, 0.29) is 17.2 Å². The van der Waals surface area contributed by atoms with E-state index < -0.39 is 9.84 Å². The van der Waals surface area contributed by atoms with Gasteiger partial charge in [-0.3, -0.25) is 0 Å². The fourth-order valence-corrected chi connectivity index (χ4v) is 3.98. The summed E-state index contributed by atoms with van der Waals surface area (Å²) in [6.45, 7) is 8.25. The van der Waals surface area contributed by atoms with Gasteiger partial charge in [-0.05, 0) is 30.4 Å². The molecule has 120 valence electrons. The highest BCUT2D eigenvalue weighted by Gasteiger charge is 2.26. The summed E-state index contributed by atoms with van der Waals surface area (Å²) in [6, 6.07) is 7.24. The standard InChI is InChI=1S/C16H26ClNO2S/c1-5-12-21(19,20)14-9-7-6-8-13(14)18-15(10-11-17)16(2,3)4/h6-9,15,18H,5,10-12H2,1-4H3. The number of rotatable bonds is 7. The zero-order valence-electron chi connectivity index (χ0n) is 13.3. The van der Waals surface area contributed by atoms with Crippen molar-refractivity contribution in [3.05, 3.63) is 24.3 Å². The predicted molar refractivity (Wildman–Crippen MR) is 91.0 cm³/mol. The lowest BCUT2D eigenvalue weighted by atomic mass is 9.85. The summed E-state index contributed by atoms with van der Waals surface area (Å²) in [7, 11) is -3.24. The fraction of sp³-hybridized carbons (Fsp3) is 0.625. The van der Waals surface area contributed by atoms with E-state index in [0.29, 0.717) is 22.9 Å². The summed E-state index contributed by atoms with van der Waals surface area (Å²) < 4.78 is 24.8. The smallest absolute Gasteiger partial charge is 0.180 e. The molecule has 1 rings (SSSR count). The highest BCUT2D eigenvalue weighted by Crippen LogP contribution is 2.29. The molecule has 0 radical (unpaired) electrons. The summed E-state index contributed by atoms with van der Waals surface area (Å²) in [5.74, 6) is 0.709. The van der Waals surface area contributed by atoms with Crippen molar-refractivity contribution in [2.45, 2.75) is 51.5 Å². The van der Waals surface area contributed by atoms with Gasteiger partial charge in [0.15, 0.2) is 9.84 Å². The minimum absolute atomic E-state index is 0.00345. The highest BCUT2D eigenvalue weighted by molar-refractivity contribution is 7.91. The van der Waals surface area contributed by atoms with Crippen LogP contribution >= 0.6 is 11.6 Å². The maximum absolute atomic E-state index is 12.4. The van der Waals surface area contributed by atoms with Gasteiger partial charge in [0.05, 0.1) is 16.3 Å². The molecule has 5 heteroatoms. The van der Waals surface area contributed by atoms with Crippen molar-refractivity contribution >= 4 is 27.1 Å². The van der Waals surface area contributed by atoms with E-state index in [1.807, 2.05) is 19.1 Å². The van der Waals surface area contributed by atoms with Crippen molar-refractivity contribution in [3.8, 4) is 0 Å². The SMILES string of the molecule is CCCS(=O)(=O)c1ccccc1NC(CCCl)C(C)(C)C. The summed E-state index contributed by atoms with van der Waals surface area (Å²) >= 11 is 5.89. The van der Waals surface area contributed by atoms with E-state index in [2.05, 4.69) is 26.1 Å². The van der Waals surface area contributed by atoms with E-state index in [1.165, 1.54) is 0 Å². The zero-order chi connectivity index (χ0) is 16.1. The number of nitrogens with one attached hydrogen (secondary N) is 1. The molecule has 0 bridgehead atoms. The number of benzene rings is 1. The molecule has 0 spiro atoms. The van der Waals surface area contributed by atoms with Gasteiger partial charge in [-0.25, -0.2) is 8.42 Å². The summed E-state index contributed by atoms with van der Waals surface area (Å²) in [5.41, 5.74) is 0.673. The van der Waals surface area contributed by atoms with E-state index >= 15 is 0 Å². The number of hydrogen-bond donors (Lipinski definition) is 1. The van der Waals surface area contributed by atoms with Crippen molar-refractivity contribution < 1.29 is 8.42 Å². The molecular formula is C16H26ClNO2S. The number of sulfone groups is 1. The lowest BCUT2D eigenvalue weighted by molar-refractivity contribution is 0.334. The van der Waals surface area contributed by atoms with Crippen LogP contribution in [0.15, 0.2) is 29.2 Å². The number of halogens is 1. The van der Waals surface area contributed by atoms with E-state index in [0.717, 1.165) is 6.42 Å². The van der Waals surface area contributed by atoms with Crippen LogP contribution < -0.4 is 5.32 Å². The Morgan fingerprint density at radius 1 is 1.24 bits per heavy atom. The van der Waals surface area contributed by atoms with Crippen LogP contribution in [0.2, 0.25) is 0 Å². The Labute approximate surface area is 134 Å². The van der Waals surface area contributed by atoms with Crippen LogP contribution in [0.25, 0.3) is 0 Å². The molecule has 1 aromatic rings. The zero-order valence-corrected chi connectivity index (χ0v) is 14.9. The minimum atomic E-state index is -3.24. The molecule has 0 saturated heterocycles. The van der Waals surface area contributed by atoms with Crippen LogP contribution in [0.1, 0.15) is 40.5 Å². The summed E-state index contributed by atoms with van der Waals surface area (Å²) in [6.07, 6.45) is 1.40. The molecule has 0 heterocycles. The summed E-state index contributed by atoms with van der Waals surface area (Å²) in [5, 5.41) is 3.39. The second kappa shape index (κ2) is 7.50. The van der Waals surface area contributed by atoms with Gasteiger partial charge in [-0.15, -0.1) is 11.6 Å². The third kappa shape index (κ3) is 5.19.